The summed E-state index contributed by atoms with van der Waals surface area (Å²) in [5.41, 5.74) is 7.09. The number of nitrogens with zero attached hydrogens (tertiary/aromatic N) is 1. The van der Waals surface area contributed by atoms with E-state index in [4.69, 9.17) is 10.5 Å². The van der Waals surface area contributed by atoms with Crippen molar-refractivity contribution in [1.29, 1.82) is 0 Å². The van der Waals surface area contributed by atoms with Crippen LogP contribution in [0.4, 0.5) is 5.69 Å². The van der Waals surface area contributed by atoms with E-state index in [1.807, 2.05) is 0 Å². The molecule has 1 fully saturated rings. The number of hydrogen-bond acceptors (Lipinski definition) is 3. The molecule has 0 aromatic heterocycles. The predicted molar refractivity (Wildman–Crippen MR) is 85.5 cm³/mol. The van der Waals surface area contributed by atoms with Gasteiger partial charge in [0.05, 0.1) is 5.56 Å². The maximum Gasteiger partial charge on any atom is 0.257 e. The van der Waals surface area contributed by atoms with Crippen LogP contribution >= 0.6 is 0 Å². The first kappa shape index (κ1) is 15.7. The lowest BCUT2D eigenvalue weighted by molar-refractivity contribution is 0.0774. The number of anilines is 1. The Morgan fingerprint density at radius 2 is 2.05 bits per heavy atom. The molecule has 0 spiro atoms. The van der Waals surface area contributed by atoms with Crippen LogP contribution in [-0.2, 0) is 0 Å². The molecule has 1 saturated carbocycles. The summed E-state index contributed by atoms with van der Waals surface area (Å²) in [7, 11) is 3.50. The topological polar surface area (TPSA) is 55.6 Å². The highest BCUT2D eigenvalue weighted by Gasteiger charge is 2.27. The number of rotatable bonds is 4. The zero-order chi connectivity index (χ0) is 15.4. The summed E-state index contributed by atoms with van der Waals surface area (Å²) in [4.78, 5) is 13.8. The Labute approximate surface area is 127 Å². The zero-order valence-electron chi connectivity index (χ0n) is 13.3. The van der Waals surface area contributed by atoms with Crippen LogP contribution < -0.4 is 10.5 Å². The molecule has 2 unspecified atom stereocenters. The average molecular weight is 290 g/mol. The Bertz CT molecular complexity index is 500. The van der Waals surface area contributed by atoms with Crippen molar-refractivity contribution in [3.8, 4) is 5.75 Å². The minimum Gasteiger partial charge on any atom is -0.489 e. The van der Waals surface area contributed by atoms with Crippen molar-refractivity contribution >= 4 is 11.6 Å². The van der Waals surface area contributed by atoms with E-state index in [0.29, 0.717) is 22.9 Å². The van der Waals surface area contributed by atoms with Crippen molar-refractivity contribution in [1.82, 2.24) is 4.90 Å². The van der Waals surface area contributed by atoms with Gasteiger partial charge in [-0.25, -0.2) is 0 Å². The van der Waals surface area contributed by atoms with Crippen LogP contribution in [0.1, 0.15) is 49.4 Å². The molecule has 2 atom stereocenters. The number of nitrogen functional groups attached to an aromatic ring is 1. The first-order valence-corrected chi connectivity index (χ1v) is 7.80. The lowest BCUT2D eigenvalue weighted by Gasteiger charge is -2.32. The summed E-state index contributed by atoms with van der Waals surface area (Å²) in [5, 5.41) is 0. The highest BCUT2D eigenvalue weighted by Crippen LogP contribution is 2.32. The third-order valence-electron chi connectivity index (χ3n) is 4.28. The number of amides is 1. The first-order valence-electron chi connectivity index (χ1n) is 7.80. The Hall–Kier alpha value is -1.71. The summed E-state index contributed by atoms with van der Waals surface area (Å²) in [6.07, 6.45) is 6.05. The Morgan fingerprint density at radius 1 is 1.33 bits per heavy atom. The molecule has 116 valence electrons. The van der Waals surface area contributed by atoms with Gasteiger partial charge in [-0.15, -0.1) is 0 Å². The van der Waals surface area contributed by atoms with Gasteiger partial charge in [0.2, 0.25) is 0 Å². The van der Waals surface area contributed by atoms with Crippen LogP contribution in [0.25, 0.3) is 0 Å². The molecule has 1 aromatic rings. The van der Waals surface area contributed by atoms with E-state index in [9.17, 15) is 4.79 Å². The lowest BCUT2D eigenvalue weighted by atomic mass is 9.84. The molecular weight excluding hydrogens is 264 g/mol. The fourth-order valence-electron chi connectivity index (χ4n) is 3.01. The number of carbonyl (C=O) groups excluding carboxylic acids is 1. The molecule has 1 amide bonds. The van der Waals surface area contributed by atoms with E-state index < -0.39 is 0 Å². The number of benzene rings is 1. The molecule has 2 rings (SSSR count). The normalized spacial score (nSPS) is 21.9. The summed E-state index contributed by atoms with van der Waals surface area (Å²) in [5.74, 6) is 1.15. The van der Waals surface area contributed by atoms with Crippen LogP contribution in [0.15, 0.2) is 18.2 Å². The summed E-state index contributed by atoms with van der Waals surface area (Å²) >= 11 is 0. The highest BCUT2D eigenvalue weighted by atomic mass is 16.5. The molecule has 0 heterocycles. The van der Waals surface area contributed by atoms with Crippen molar-refractivity contribution in [2.24, 2.45) is 5.92 Å². The molecule has 0 bridgehead atoms. The largest absolute Gasteiger partial charge is 0.489 e. The van der Waals surface area contributed by atoms with E-state index in [-0.39, 0.29) is 12.0 Å². The predicted octanol–water partition coefficient (Wildman–Crippen LogP) is 3.32. The van der Waals surface area contributed by atoms with Crippen molar-refractivity contribution < 1.29 is 9.53 Å². The second-order valence-electron chi connectivity index (χ2n) is 6.06. The van der Waals surface area contributed by atoms with Gasteiger partial charge in [-0.1, -0.05) is 13.3 Å². The fourth-order valence-corrected chi connectivity index (χ4v) is 3.01. The van der Waals surface area contributed by atoms with Crippen LogP contribution in [0, 0.1) is 5.92 Å². The Morgan fingerprint density at radius 3 is 2.71 bits per heavy atom. The minimum atomic E-state index is -0.0474. The van der Waals surface area contributed by atoms with Crippen molar-refractivity contribution in [3.05, 3.63) is 23.8 Å². The van der Waals surface area contributed by atoms with Gasteiger partial charge in [0.25, 0.3) is 5.91 Å². The maximum atomic E-state index is 12.3. The molecule has 0 radical (unpaired) electrons. The molecule has 0 saturated heterocycles. The quantitative estimate of drug-likeness (QED) is 0.865. The fraction of sp³-hybridized carbons (Fsp3) is 0.588. The van der Waals surface area contributed by atoms with Crippen LogP contribution in [0.2, 0.25) is 0 Å². The number of hydrogen-bond donors (Lipinski definition) is 1. The van der Waals surface area contributed by atoms with Crippen LogP contribution in [0.5, 0.6) is 5.75 Å². The van der Waals surface area contributed by atoms with E-state index in [1.165, 1.54) is 19.3 Å². The minimum absolute atomic E-state index is 0.0474. The van der Waals surface area contributed by atoms with Crippen molar-refractivity contribution in [2.45, 2.75) is 45.1 Å². The van der Waals surface area contributed by atoms with Crippen LogP contribution in [0.3, 0.4) is 0 Å². The summed E-state index contributed by atoms with van der Waals surface area (Å²) in [6.45, 7) is 2.21. The number of nitrogens with two attached hydrogens (primary N) is 1. The van der Waals surface area contributed by atoms with Crippen molar-refractivity contribution in [3.63, 3.8) is 0 Å². The molecule has 21 heavy (non-hydrogen) atoms. The first-order chi connectivity index (χ1) is 10.0. The van der Waals surface area contributed by atoms with Crippen LogP contribution in [-0.4, -0.2) is 31.0 Å². The van der Waals surface area contributed by atoms with Gasteiger partial charge in [0, 0.05) is 25.8 Å². The van der Waals surface area contributed by atoms with Gasteiger partial charge in [0.15, 0.2) is 0 Å². The molecule has 1 aromatic carbocycles. The average Bonchev–Trinajstić information content (AvgIpc) is 2.47. The smallest absolute Gasteiger partial charge is 0.257 e. The molecule has 0 aliphatic heterocycles. The number of ether oxygens (including phenoxy) is 1. The molecule has 4 heteroatoms. The van der Waals surface area contributed by atoms with Gasteiger partial charge in [-0.3, -0.25) is 4.79 Å². The summed E-state index contributed by atoms with van der Waals surface area (Å²) in [6, 6.07) is 5.29. The third-order valence-corrected chi connectivity index (χ3v) is 4.28. The van der Waals surface area contributed by atoms with Crippen molar-refractivity contribution in [2.75, 3.05) is 19.8 Å². The lowest BCUT2D eigenvalue weighted by Crippen LogP contribution is -2.31. The highest BCUT2D eigenvalue weighted by molar-refractivity contribution is 5.97. The van der Waals surface area contributed by atoms with E-state index in [0.717, 1.165) is 12.8 Å². The van der Waals surface area contributed by atoms with E-state index in [1.54, 1.807) is 37.2 Å². The second-order valence-corrected chi connectivity index (χ2v) is 6.06. The number of carbonyl (C=O) groups is 1. The third kappa shape index (κ3) is 3.69. The van der Waals surface area contributed by atoms with Gasteiger partial charge in [0.1, 0.15) is 11.9 Å². The molecular formula is C17H26N2O2. The van der Waals surface area contributed by atoms with Gasteiger partial charge in [-0.05, 0) is 43.7 Å². The zero-order valence-corrected chi connectivity index (χ0v) is 13.3. The molecule has 4 nitrogen and oxygen atoms in total. The molecule has 1 aliphatic rings. The monoisotopic (exact) mass is 290 g/mol. The van der Waals surface area contributed by atoms with Gasteiger partial charge >= 0.3 is 0 Å². The Balaban J connectivity index is 2.25. The van der Waals surface area contributed by atoms with Gasteiger partial charge < -0.3 is 15.4 Å². The standard InChI is InChI=1S/C17H26N2O2/c1-4-12-7-5-6-8-15(12)21-16-11-13(18)9-10-14(16)17(20)19(2)3/h9-12,15H,4-8,18H2,1-3H3. The van der Waals surface area contributed by atoms with E-state index >= 15 is 0 Å². The van der Waals surface area contributed by atoms with E-state index in [2.05, 4.69) is 6.92 Å². The SMILES string of the molecule is CCC1CCCCC1Oc1cc(N)ccc1C(=O)N(C)C. The molecule has 2 N–H and O–H groups in total. The summed E-state index contributed by atoms with van der Waals surface area (Å²) < 4.78 is 6.21. The maximum absolute atomic E-state index is 12.3. The molecule has 1 aliphatic carbocycles. The second kappa shape index (κ2) is 6.83. The van der Waals surface area contributed by atoms with Gasteiger partial charge in [-0.2, -0.15) is 0 Å². The Kier molecular flexibility index (Phi) is 5.10.